The van der Waals surface area contributed by atoms with Gasteiger partial charge in [0.15, 0.2) is 5.54 Å². The molecule has 2 N–H and O–H groups in total. The Morgan fingerprint density at radius 3 is 2.45 bits per heavy atom. The fraction of sp³-hybridized carbons (Fsp3) is 0.188. The predicted octanol–water partition coefficient (Wildman–Crippen LogP) is 3.06. The largest absolute Gasteiger partial charge is 0.323 e. The standard InChI is InChI=1S/C16H16N2O2/c1-11-7-9-12(10-8-11)18(20)16(2)13-5-3-4-6-14(13)17-15(16)19/h3-10,20H,1-2H3,(H,17,19)/t16-/m1/s1. The number of nitrogens with zero attached hydrogens (tertiary/aromatic N) is 1. The molecule has 1 atom stereocenters. The molecule has 0 radical (unpaired) electrons. The summed E-state index contributed by atoms with van der Waals surface area (Å²) < 4.78 is 0. The van der Waals surface area contributed by atoms with Gasteiger partial charge < -0.3 is 5.32 Å². The molecule has 1 heterocycles. The number of aryl methyl sites for hydroxylation is 1. The molecule has 4 heteroatoms. The quantitative estimate of drug-likeness (QED) is 0.823. The second-order valence-corrected chi connectivity index (χ2v) is 5.22. The van der Waals surface area contributed by atoms with Gasteiger partial charge in [-0.3, -0.25) is 10.0 Å². The second kappa shape index (κ2) is 4.35. The van der Waals surface area contributed by atoms with Crippen LogP contribution in [0.1, 0.15) is 18.1 Å². The van der Waals surface area contributed by atoms with E-state index in [4.69, 9.17) is 0 Å². The van der Waals surface area contributed by atoms with Crippen molar-refractivity contribution in [1.82, 2.24) is 0 Å². The fourth-order valence-corrected chi connectivity index (χ4v) is 2.54. The Kier molecular flexibility index (Phi) is 2.76. The van der Waals surface area contributed by atoms with Crippen LogP contribution < -0.4 is 10.4 Å². The lowest BCUT2D eigenvalue weighted by molar-refractivity contribution is -0.122. The van der Waals surface area contributed by atoms with Crippen LogP contribution >= 0.6 is 0 Å². The van der Waals surface area contributed by atoms with Crippen molar-refractivity contribution in [2.24, 2.45) is 0 Å². The van der Waals surface area contributed by atoms with Crippen molar-refractivity contribution >= 4 is 17.3 Å². The lowest BCUT2D eigenvalue weighted by atomic mass is 9.92. The number of anilines is 2. The highest BCUT2D eigenvalue weighted by atomic mass is 16.5. The number of fused-ring (bicyclic) bond motifs is 1. The van der Waals surface area contributed by atoms with Crippen molar-refractivity contribution < 1.29 is 10.0 Å². The molecule has 102 valence electrons. The zero-order valence-electron chi connectivity index (χ0n) is 11.4. The van der Waals surface area contributed by atoms with Crippen molar-refractivity contribution in [2.75, 3.05) is 10.4 Å². The van der Waals surface area contributed by atoms with Gasteiger partial charge in [0.1, 0.15) is 0 Å². The molecule has 0 aromatic heterocycles. The van der Waals surface area contributed by atoms with E-state index < -0.39 is 5.54 Å². The van der Waals surface area contributed by atoms with Crippen LogP contribution in [-0.4, -0.2) is 11.1 Å². The van der Waals surface area contributed by atoms with Gasteiger partial charge in [-0.25, -0.2) is 5.06 Å². The van der Waals surface area contributed by atoms with E-state index in [1.54, 1.807) is 19.1 Å². The minimum absolute atomic E-state index is 0.234. The molecule has 0 bridgehead atoms. The van der Waals surface area contributed by atoms with Crippen molar-refractivity contribution in [3.8, 4) is 0 Å². The van der Waals surface area contributed by atoms with Gasteiger partial charge >= 0.3 is 0 Å². The van der Waals surface area contributed by atoms with Crippen molar-refractivity contribution in [2.45, 2.75) is 19.4 Å². The van der Waals surface area contributed by atoms with Gasteiger partial charge in [0.2, 0.25) is 0 Å². The molecule has 1 aliphatic heterocycles. The number of rotatable bonds is 2. The third-order valence-electron chi connectivity index (χ3n) is 3.84. The summed E-state index contributed by atoms with van der Waals surface area (Å²) in [4.78, 5) is 12.3. The van der Waals surface area contributed by atoms with Crippen LogP contribution in [0.3, 0.4) is 0 Å². The van der Waals surface area contributed by atoms with Crippen molar-refractivity contribution in [1.29, 1.82) is 0 Å². The van der Waals surface area contributed by atoms with Gasteiger partial charge in [-0.15, -0.1) is 0 Å². The first kappa shape index (κ1) is 12.7. The molecule has 2 aromatic carbocycles. The van der Waals surface area contributed by atoms with Crippen molar-refractivity contribution in [3.63, 3.8) is 0 Å². The number of hydroxylamine groups is 1. The van der Waals surface area contributed by atoms with Gasteiger partial charge in [0, 0.05) is 11.3 Å². The van der Waals surface area contributed by atoms with Gasteiger partial charge in [0.05, 0.1) is 5.69 Å². The Balaban J connectivity index is 2.08. The third kappa shape index (κ3) is 1.69. The second-order valence-electron chi connectivity index (χ2n) is 5.22. The number of para-hydroxylation sites is 1. The Bertz CT molecular complexity index is 666. The number of amides is 1. The normalized spacial score (nSPS) is 20.4. The minimum Gasteiger partial charge on any atom is -0.323 e. The molecule has 0 saturated heterocycles. The summed E-state index contributed by atoms with van der Waals surface area (Å²) in [7, 11) is 0. The van der Waals surface area contributed by atoms with Crippen LogP contribution in [0.15, 0.2) is 48.5 Å². The van der Waals surface area contributed by atoms with E-state index in [2.05, 4.69) is 5.32 Å². The minimum atomic E-state index is -1.12. The van der Waals surface area contributed by atoms with E-state index in [9.17, 15) is 10.0 Å². The van der Waals surface area contributed by atoms with E-state index in [1.165, 1.54) is 0 Å². The summed E-state index contributed by atoms with van der Waals surface area (Å²) in [6, 6.07) is 14.8. The Morgan fingerprint density at radius 1 is 1.10 bits per heavy atom. The smallest absolute Gasteiger partial charge is 0.257 e. The van der Waals surface area contributed by atoms with Crippen LogP contribution in [-0.2, 0) is 10.3 Å². The first-order valence-electron chi connectivity index (χ1n) is 6.50. The maximum Gasteiger partial charge on any atom is 0.257 e. The number of benzene rings is 2. The lowest BCUT2D eigenvalue weighted by Gasteiger charge is -2.33. The molecule has 1 amide bonds. The average Bonchev–Trinajstić information content (AvgIpc) is 2.72. The monoisotopic (exact) mass is 268 g/mol. The van der Waals surface area contributed by atoms with Crippen LogP contribution in [0.4, 0.5) is 11.4 Å². The van der Waals surface area contributed by atoms with Gasteiger partial charge in [0.25, 0.3) is 5.91 Å². The Hall–Kier alpha value is -2.33. The van der Waals surface area contributed by atoms with Gasteiger partial charge in [-0.05, 0) is 32.0 Å². The highest BCUT2D eigenvalue weighted by molar-refractivity contribution is 6.07. The predicted molar refractivity (Wildman–Crippen MR) is 77.9 cm³/mol. The van der Waals surface area contributed by atoms with Crippen molar-refractivity contribution in [3.05, 3.63) is 59.7 Å². The molecule has 20 heavy (non-hydrogen) atoms. The Labute approximate surface area is 117 Å². The molecule has 4 nitrogen and oxygen atoms in total. The summed E-state index contributed by atoms with van der Waals surface area (Å²) in [5.74, 6) is -0.234. The molecule has 0 spiro atoms. The van der Waals surface area contributed by atoms with Crippen LogP contribution in [0.5, 0.6) is 0 Å². The third-order valence-corrected chi connectivity index (χ3v) is 3.84. The molecular formula is C16H16N2O2. The first-order chi connectivity index (χ1) is 9.53. The number of nitrogens with one attached hydrogen (secondary N) is 1. The summed E-state index contributed by atoms with van der Waals surface area (Å²) in [6.07, 6.45) is 0. The first-order valence-corrected chi connectivity index (χ1v) is 6.50. The van der Waals surface area contributed by atoms with Gasteiger partial charge in [-0.1, -0.05) is 35.9 Å². The van der Waals surface area contributed by atoms with E-state index in [0.29, 0.717) is 5.69 Å². The van der Waals surface area contributed by atoms with Crippen LogP contribution in [0.2, 0.25) is 0 Å². The maximum absolute atomic E-state index is 12.3. The molecule has 2 aromatic rings. The number of hydrogen-bond acceptors (Lipinski definition) is 3. The summed E-state index contributed by atoms with van der Waals surface area (Å²) in [5.41, 5.74) is 2.08. The number of carbonyl (C=O) groups excluding carboxylic acids is 1. The van der Waals surface area contributed by atoms with E-state index >= 15 is 0 Å². The Morgan fingerprint density at radius 2 is 1.75 bits per heavy atom. The zero-order valence-corrected chi connectivity index (χ0v) is 11.4. The topological polar surface area (TPSA) is 52.6 Å². The van der Waals surface area contributed by atoms with E-state index in [0.717, 1.165) is 21.9 Å². The highest BCUT2D eigenvalue weighted by Gasteiger charge is 2.47. The molecule has 1 aliphatic rings. The van der Waals surface area contributed by atoms with E-state index in [-0.39, 0.29) is 5.91 Å². The SMILES string of the molecule is Cc1ccc(N(O)[C@@]2(C)C(=O)Nc3ccccc32)cc1. The highest BCUT2D eigenvalue weighted by Crippen LogP contribution is 2.41. The van der Waals surface area contributed by atoms with E-state index in [1.807, 2.05) is 43.3 Å². The van der Waals surface area contributed by atoms with Crippen LogP contribution in [0, 0.1) is 6.92 Å². The van der Waals surface area contributed by atoms with Gasteiger partial charge in [-0.2, -0.15) is 0 Å². The molecular weight excluding hydrogens is 252 g/mol. The molecule has 0 aliphatic carbocycles. The molecule has 0 unspecified atom stereocenters. The lowest BCUT2D eigenvalue weighted by Crippen LogP contribution is -2.47. The molecule has 3 rings (SSSR count). The zero-order chi connectivity index (χ0) is 14.3. The number of carbonyl (C=O) groups is 1. The maximum atomic E-state index is 12.3. The summed E-state index contributed by atoms with van der Waals surface area (Å²) in [5, 5.41) is 14.4. The summed E-state index contributed by atoms with van der Waals surface area (Å²) in [6.45, 7) is 3.69. The molecule has 0 saturated carbocycles. The summed E-state index contributed by atoms with van der Waals surface area (Å²) >= 11 is 0. The molecule has 0 fully saturated rings. The van der Waals surface area contributed by atoms with Crippen LogP contribution in [0.25, 0.3) is 0 Å². The average molecular weight is 268 g/mol. The fourth-order valence-electron chi connectivity index (χ4n) is 2.54. The number of hydrogen-bond donors (Lipinski definition) is 2.